The van der Waals surface area contributed by atoms with E-state index in [1.54, 1.807) is 0 Å². The smallest absolute Gasteiger partial charge is 0.325 e. The molecule has 3 N–H and O–H groups in total. The summed E-state index contributed by atoms with van der Waals surface area (Å²) < 4.78 is 4.97. The van der Waals surface area contributed by atoms with Crippen LogP contribution in [0.25, 0.3) is 0 Å². The number of nitrogens with one attached hydrogen (secondary N) is 3. The van der Waals surface area contributed by atoms with E-state index < -0.39 is 18.1 Å². The Kier molecular flexibility index (Phi) is 2.83. The molecule has 7 heteroatoms. The highest BCUT2D eigenvalue weighted by Crippen LogP contribution is 2.08. The van der Waals surface area contributed by atoms with Crippen LogP contribution < -0.4 is 16.0 Å². The molecule has 6 nitrogen and oxygen atoms in total. The number of thiocarbonyl (C=S) groups is 1. The Morgan fingerprint density at radius 3 is 2.87 bits per heavy atom. The normalized spacial score (nSPS) is 29.9. The third-order valence-electron chi connectivity index (χ3n) is 2.32. The lowest BCUT2D eigenvalue weighted by Crippen LogP contribution is -2.40. The lowest BCUT2D eigenvalue weighted by molar-refractivity contribution is -0.156. The van der Waals surface area contributed by atoms with Crippen molar-refractivity contribution in [2.45, 2.75) is 25.1 Å². The molecule has 0 saturated carbocycles. The highest BCUT2D eigenvalue weighted by Gasteiger charge is 2.33. The van der Waals surface area contributed by atoms with Crippen LogP contribution in [-0.4, -0.2) is 35.8 Å². The molecule has 0 aromatic rings. The van der Waals surface area contributed by atoms with E-state index in [1.807, 2.05) is 0 Å². The second-order valence-corrected chi connectivity index (χ2v) is 3.84. The van der Waals surface area contributed by atoms with Crippen molar-refractivity contribution in [3.8, 4) is 0 Å². The van der Waals surface area contributed by atoms with Gasteiger partial charge < -0.3 is 15.4 Å². The van der Waals surface area contributed by atoms with Crippen molar-refractivity contribution in [2.24, 2.45) is 0 Å². The van der Waals surface area contributed by atoms with Gasteiger partial charge in [0.1, 0.15) is 6.04 Å². The summed E-state index contributed by atoms with van der Waals surface area (Å²) in [5.41, 5.74) is 0. The van der Waals surface area contributed by atoms with Crippen molar-refractivity contribution in [1.82, 2.24) is 16.0 Å². The number of carbonyl (C=O) groups is 2. The number of hydrogen-bond acceptors (Lipinski definition) is 5. The first kappa shape index (κ1) is 10.3. The number of carbonyl (C=O) groups excluding carboxylic acids is 2. The molecule has 0 radical (unpaired) electrons. The first-order valence-corrected chi connectivity index (χ1v) is 5.13. The maximum atomic E-state index is 11.5. The molecule has 2 heterocycles. The third kappa shape index (κ3) is 2.24. The molecule has 2 atom stereocenters. The summed E-state index contributed by atoms with van der Waals surface area (Å²) in [6.45, 7) is 0.808. The van der Waals surface area contributed by atoms with E-state index in [9.17, 15) is 9.59 Å². The molecule has 2 fully saturated rings. The monoisotopic (exact) mass is 229 g/mol. The minimum atomic E-state index is -0.979. The fourth-order valence-electron chi connectivity index (χ4n) is 1.57. The first-order valence-electron chi connectivity index (χ1n) is 4.72. The van der Waals surface area contributed by atoms with Crippen LogP contribution >= 0.6 is 12.2 Å². The Morgan fingerprint density at radius 2 is 2.33 bits per heavy atom. The highest BCUT2D eigenvalue weighted by molar-refractivity contribution is 7.80. The SMILES string of the molecule is O=C1NC(=S)NC1OC(=O)[C@@H]1CCCN1. The first-order chi connectivity index (χ1) is 7.16. The van der Waals surface area contributed by atoms with Gasteiger partial charge in [-0.05, 0) is 31.6 Å². The molecular formula is C8H11N3O3S. The molecule has 2 saturated heterocycles. The molecule has 2 aliphatic rings. The van der Waals surface area contributed by atoms with Crippen LogP contribution in [0.4, 0.5) is 0 Å². The molecule has 15 heavy (non-hydrogen) atoms. The van der Waals surface area contributed by atoms with Crippen molar-refractivity contribution in [2.75, 3.05) is 6.54 Å². The fraction of sp³-hybridized carbons (Fsp3) is 0.625. The number of rotatable bonds is 2. The Hall–Kier alpha value is -1.21. The van der Waals surface area contributed by atoms with E-state index in [-0.39, 0.29) is 11.2 Å². The summed E-state index contributed by atoms with van der Waals surface area (Å²) in [5.74, 6) is -0.837. The lowest BCUT2D eigenvalue weighted by Gasteiger charge is -2.13. The van der Waals surface area contributed by atoms with Gasteiger partial charge in [-0.2, -0.15) is 0 Å². The van der Waals surface area contributed by atoms with Crippen LogP contribution in [0.2, 0.25) is 0 Å². The molecule has 2 rings (SSSR count). The van der Waals surface area contributed by atoms with Crippen molar-refractivity contribution in [3.05, 3.63) is 0 Å². The third-order valence-corrected chi connectivity index (χ3v) is 2.54. The van der Waals surface area contributed by atoms with Crippen LogP contribution in [0.1, 0.15) is 12.8 Å². The second kappa shape index (κ2) is 4.11. The molecule has 0 bridgehead atoms. The van der Waals surface area contributed by atoms with E-state index in [1.165, 1.54) is 0 Å². The molecule has 2 aliphatic heterocycles. The Morgan fingerprint density at radius 1 is 1.53 bits per heavy atom. The summed E-state index contributed by atoms with van der Waals surface area (Å²) in [6.07, 6.45) is 0.715. The zero-order valence-corrected chi connectivity index (χ0v) is 8.73. The number of hydrogen-bond donors (Lipinski definition) is 3. The topological polar surface area (TPSA) is 79.5 Å². The molecule has 0 aromatic carbocycles. The van der Waals surface area contributed by atoms with Crippen LogP contribution in [0.3, 0.4) is 0 Å². The number of ether oxygens (including phenoxy) is 1. The lowest BCUT2D eigenvalue weighted by atomic mass is 10.2. The van der Waals surface area contributed by atoms with Gasteiger partial charge in [-0.3, -0.25) is 14.9 Å². The predicted octanol–water partition coefficient (Wildman–Crippen LogP) is -1.39. The maximum Gasteiger partial charge on any atom is 0.325 e. The summed E-state index contributed by atoms with van der Waals surface area (Å²) in [4.78, 5) is 22.7. The van der Waals surface area contributed by atoms with E-state index in [4.69, 9.17) is 17.0 Å². The maximum absolute atomic E-state index is 11.5. The molecule has 0 aliphatic carbocycles. The van der Waals surface area contributed by atoms with Crippen molar-refractivity contribution >= 4 is 29.2 Å². The molecule has 0 spiro atoms. The van der Waals surface area contributed by atoms with Gasteiger partial charge in [-0.1, -0.05) is 0 Å². The van der Waals surface area contributed by atoms with Gasteiger partial charge >= 0.3 is 5.97 Å². The zero-order chi connectivity index (χ0) is 10.8. The average molecular weight is 229 g/mol. The fourth-order valence-corrected chi connectivity index (χ4v) is 1.77. The minimum absolute atomic E-state index is 0.192. The number of amides is 1. The average Bonchev–Trinajstić information content (AvgIpc) is 2.76. The van der Waals surface area contributed by atoms with Crippen molar-refractivity contribution in [3.63, 3.8) is 0 Å². The van der Waals surface area contributed by atoms with Crippen LogP contribution in [0.15, 0.2) is 0 Å². The predicted molar refractivity (Wildman–Crippen MR) is 54.8 cm³/mol. The highest BCUT2D eigenvalue weighted by atomic mass is 32.1. The van der Waals surface area contributed by atoms with Gasteiger partial charge in [-0.15, -0.1) is 0 Å². The minimum Gasteiger partial charge on any atom is -0.431 e. The number of esters is 1. The quantitative estimate of drug-likeness (QED) is 0.400. The van der Waals surface area contributed by atoms with E-state index in [0.29, 0.717) is 0 Å². The molecule has 1 amide bonds. The van der Waals surface area contributed by atoms with E-state index in [2.05, 4.69) is 16.0 Å². The van der Waals surface area contributed by atoms with Gasteiger partial charge in [0.05, 0.1) is 0 Å². The van der Waals surface area contributed by atoms with Gasteiger partial charge in [0.25, 0.3) is 12.1 Å². The molecular weight excluding hydrogens is 218 g/mol. The Bertz CT molecular complexity index is 314. The van der Waals surface area contributed by atoms with Crippen LogP contribution in [0.5, 0.6) is 0 Å². The molecule has 0 aromatic heterocycles. The zero-order valence-electron chi connectivity index (χ0n) is 7.91. The van der Waals surface area contributed by atoms with Crippen LogP contribution in [0, 0.1) is 0 Å². The van der Waals surface area contributed by atoms with E-state index >= 15 is 0 Å². The summed E-state index contributed by atoms with van der Waals surface area (Å²) in [6, 6.07) is -0.297. The summed E-state index contributed by atoms with van der Waals surface area (Å²) in [7, 11) is 0. The molecule has 82 valence electrons. The largest absolute Gasteiger partial charge is 0.431 e. The Balaban J connectivity index is 1.88. The Labute approximate surface area is 91.7 Å². The van der Waals surface area contributed by atoms with Gasteiger partial charge in [0, 0.05) is 0 Å². The van der Waals surface area contributed by atoms with Crippen LogP contribution in [-0.2, 0) is 14.3 Å². The molecule has 1 unspecified atom stereocenters. The summed E-state index contributed by atoms with van der Waals surface area (Å²) in [5, 5.41) is 8.09. The van der Waals surface area contributed by atoms with E-state index in [0.717, 1.165) is 19.4 Å². The summed E-state index contributed by atoms with van der Waals surface area (Å²) >= 11 is 4.71. The van der Waals surface area contributed by atoms with Gasteiger partial charge in [0.2, 0.25) is 0 Å². The van der Waals surface area contributed by atoms with Gasteiger partial charge in [-0.25, -0.2) is 0 Å². The standard InChI is InChI=1S/C8H11N3O3S/c12-5-6(11-8(15)10-5)14-7(13)4-2-1-3-9-4/h4,6,9H,1-3H2,(H2,10,11,12,15)/t4-,6?/m0/s1. The second-order valence-electron chi connectivity index (χ2n) is 3.43. The van der Waals surface area contributed by atoms with Crippen molar-refractivity contribution in [1.29, 1.82) is 0 Å². The van der Waals surface area contributed by atoms with Gasteiger partial charge in [0.15, 0.2) is 5.11 Å². The van der Waals surface area contributed by atoms with Crippen molar-refractivity contribution < 1.29 is 14.3 Å².